The minimum Gasteiger partial charge on any atom is -0.494 e. The van der Waals surface area contributed by atoms with E-state index in [1.807, 2.05) is 6.07 Å². The Balaban J connectivity index is 1.64. The van der Waals surface area contributed by atoms with Gasteiger partial charge in [-0.25, -0.2) is 4.79 Å². The first-order valence-corrected chi connectivity index (χ1v) is 9.74. The van der Waals surface area contributed by atoms with Gasteiger partial charge in [0.25, 0.3) is 11.5 Å². The smallest absolute Gasteiger partial charge is 0.334 e. The Hall–Kier alpha value is -3.42. The molecule has 1 amide bonds. The number of amides is 1. The molecule has 2 heterocycles. The molecule has 0 saturated heterocycles. The van der Waals surface area contributed by atoms with E-state index in [-0.39, 0.29) is 35.0 Å². The third-order valence-corrected chi connectivity index (χ3v) is 5.51. The summed E-state index contributed by atoms with van der Waals surface area (Å²) >= 11 is 0. The second-order valence-electron chi connectivity index (χ2n) is 7.72. The molecule has 0 atom stereocenters. The van der Waals surface area contributed by atoms with Gasteiger partial charge in [0, 0.05) is 12.1 Å². The Morgan fingerprint density at radius 2 is 1.62 bits per heavy atom. The fourth-order valence-corrected chi connectivity index (χ4v) is 3.66. The van der Waals surface area contributed by atoms with E-state index >= 15 is 0 Å². The molecule has 8 heteroatoms. The molecule has 1 aliphatic heterocycles. The van der Waals surface area contributed by atoms with Crippen LogP contribution in [0.2, 0.25) is 0 Å². The van der Waals surface area contributed by atoms with E-state index in [1.165, 1.54) is 20.2 Å². The van der Waals surface area contributed by atoms with E-state index in [9.17, 15) is 19.5 Å². The van der Waals surface area contributed by atoms with Crippen LogP contribution in [0.15, 0.2) is 50.6 Å². The molecular formula is C21H20N4O4. The van der Waals surface area contributed by atoms with Crippen LogP contribution in [0.25, 0.3) is 6.08 Å². The Morgan fingerprint density at radius 3 is 2.24 bits per heavy atom. The lowest BCUT2D eigenvalue weighted by Gasteiger charge is -2.14. The standard InChI is InChI=1S/C21H20N4O4/c1-12-16(20(28)25(22-12)15-5-3-2-4-6-15)11-17-18(26)23(13-7-8-13)21(29)24(19(17)27)14-9-10-14/h2-6,11,13-14,26H,7-10H2,1H3/b16-11-. The molecule has 1 N–H and O–H groups in total. The van der Waals surface area contributed by atoms with Crippen molar-refractivity contribution in [2.24, 2.45) is 5.10 Å². The largest absolute Gasteiger partial charge is 0.494 e. The number of rotatable bonds is 4. The van der Waals surface area contributed by atoms with Crippen LogP contribution in [0.3, 0.4) is 0 Å². The third-order valence-electron chi connectivity index (χ3n) is 5.51. The van der Waals surface area contributed by atoms with Gasteiger partial charge in [-0.05, 0) is 50.8 Å². The van der Waals surface area contributed by atoms with Crippen molar-refractivity contribution in [2.75, 3.05) is 5.01 Å². The van der Waals surface area contributed by atoms with Crippen molar-refractivity contribution in [1.82, 2.24) is 9.13 Å². The first-order chi connectivity index (χ1) is 14.0. The summed E-state index contributed by atoms with van der Waals surface area (Å²) in [4.78, 5) is 38.8. The molecule has 2 saturated carbocycles. The number of hydrogen-bond donors (Lipinski definition) is 1. The third kappa shape index (κ3) is 2.83. The number of hydrogen-bond acceptors (Lipinski definition) is 5. The number of hydrazone groups is 1. The van der Waals surface area contributed by atoms with Crippen molar-refractivity contribution in [3.63, 3.8) is 0 Å². The molecule has 1 aromatic heterocycles. The lowest BCUT2D eigenvalue weighted by Crippen LogP contribution is -2.40. The fraction of sp³-hybridized carbons (Fsp3) is 0.333. The lowest BCUT2D eigenvalue weighted by atomic mass is 10.1. The van der Waals surface area contributed by atoms with Crippen LogP contribution in [-0.4, -0.2) is 25.9 Å². The van der Waals surface area contributed by atoms with Gasteiger partial charge in [-0.2, -0.15) is 10.1 Å². The van der Waals surface area contributed by atoms with Crippen molar-refractivity contribution < 1.29 is 9.90 Å². The number of anilines is 1. The molecule has 29 heavy (non-hydrogen) atoms. The molecule has 0 unspecified atom stereocenters. The number of carbonyl (C=O) groups excluding carboxylic acids is 1. The van der Waals surface area contributed by atoms with Gasteiger partial charge in [-0.15, -0.1) is 0 Å². The second kappa shape index (κ2) is 6.30. The normalized spacial score (nSPS) is 20.4. The van der Waals surface area contributed by atoms with Gasteiger partial charge in [0.2, 0.25) is 5.88 Å². The number of aromatic hydroxyl groups is 1. The minimum absolute atomic E-state index is 0.0313. The van der Waals surface area contributed by atoms with Gasteiger partial charge in [0.05, 0.1) is 17.0 Å². The number of nitrogens with zero attached hydrogens (tertiary/aromatic N) is 4. The van der Waals surface area contributed by atoms with E-state index in [1.54, 1.807) is 31.2 Å². The zero-order chi connectivity index (χ0) is 20.3. The summed E-state index contributed by atoms with van der Waals surface area (Å²) in [5, 5.41) is 16.3. The Labute approximate surface area is 166 Å². The molecule has 8 nitrogen and oxygen atoms in total. The van der Waals surface area contributed by atoms with Crippen LogP contribution in [0.4, 0.5) is 5.69 Å². The van der Waals surface area contributed by atoms with Gasteiger partial charge >= 0.3 is 5.69 Å². The molecular weight excluding hydrogens is 372 g/mol. The summed E-state index contributed by atoms with van der Waals surface area (Å²) < 4.78 is 2.53. The quantitative estimate of drug-likeness (QED) is 0.807. The highest BCUT2D eigenvalue weighted by Crippen LogP contribution is 2.39. The SMILES string of the molecule is CC1=NN(c2ccccc2)C(=O)/C1=C\c1c(O)n(C2CC2)c(=O)n(C2CC2)c1=O. The first kappa shape index (κ1) is 17.7. The summed E-state index contributed by atoms with van der Waals surface area (Å²) in [6, 6.07) is 8.76. The van der Waals surface area contributed by atoms with Crippen LogP contribution >= 0.6 is 0 Å². The Kier molecular flexibility index (Phi) is 3.84. The van der Waals surface area contributed by atoms with Crippen LogP contribution in [0.5, 0.6) is 5.88 Å². The topological polar surface area (TPSA) is 96.9 Å². The maximum Gasteiger partial charge on any atom is 0.334 e. The van der Waals surface area contributed by atoms with Crippen molar-refractivity contribution in [3.8, 4) is 5.88 Å². The van der Waals surface area contributed by atoms with Gasteiger partial charge < -0.3 is 5.11 Å². The molecule has 0 bridgehead atoms. The average molecular weight is 392 g/mol. The number of aromatic nitrogens is 2. The van der Waals surface area contributed by atoms with E-state index < -0.39 is 11.2 Å². The maximum atomic E-state index is 13.0. The predicted octanol–water partition coefficient (Wildman–Crippen LogP) is 2.19. The number of benzene rings is 1. The van der Waals surface area contributed by atoms with Gasteiger partial charge in [-0.3, -0.25) is 18.7 Å². The highest BCUT2D eigenvalue weighted by Gasteiger charge is 2.36. The summed E-state index contributed by atoms with van der Waals surface area (Å²) in [7, 11) is 0. The van der Waals surface area contributed by atoms with E-state index in [4.69, 9.17) is 0 Å². The van der Waals surface area contributed by atoms with Crippen LogP contribution in [0, 0.1) is 0 Å². The van der Waals surface area contributed by atoms with Crippen LogP contribution in [0.1, 0.15) is 50.3 Å². The molecule has 5 rings (SSSR count). The molecule has 0 radical (unpaired) electrons. The zero-order valence-corrected chi connectivity index (χ0v) is 15.9. The molecule has 3 aliphatic rings. The van der Waals surface area contributed by atoms with Crippen LogP contribution < -0.4 is 16.3 Å². The van der Waals surface area contributed by atoms with Crippen LogP contribution in [-0.2, 0) is 4.79 Å². The van der Waals surface area contributed by atoms with Crippen molar-refractivity contribution in [3.05, 3.63) is 62.3 Å². The summed E-state index contributed by atoms with van der Waals surface area (Å²) in [6.07, 6.45) is 4.48. The monoisotopic (exact) mass is 392 g/mol. The number of carbonyl (C=O) groups is 1. The van der Waals surface area contributed by atoms with Crippen molar-refractivity contribution in [1.29, 1.82) is 0 Å². The van der Waals surface area contributed by atoms with E-state index in [0.29, 0.717) is 11.4 Å². The molecule has 0 spiro atoms. The van der Waals surface area contributed by atoms with Gasteiger partial charge in [0.15, 0.2) is 0 Å². The van der Waals surface area contributed by atoms with E-state index in [2.05, 4.69) is 5.10 Å². The Morgan fingerprint density at radius 1 is 1.00 bits per heavy atom. The molecule has 2 aromatic rings. The summed E-state index contributed by atoms with van der Waals surface area (Å²) in [5.41, 5.74) is 0.232. The van der Waals surface area contributed by atoms with Crippen molar-refractivity contribution >= 4 is 23.4 Å². The predicted molar refractivity (Wildman–Crippen MR) is 108 cm³/mol. The Bertz CT molecular complexity index is 1200. The average Bonchev–Trinajstić information content (AvgIpc) is 3.61. The maximum absolute atomic E-state index is 13.0. The molecule has 2 fully saturated rings. The van der Waals surface area contributed by atoms with E-state index in [0.717, 1.165) is 25.7 Å². The highest BCUT2D eigenvalue weighted by molar-refractivity contribution is 6.32. The summed E-state index contributed by atoms with van der Waals surface area (Å²) in [5.74, 6) is -0.750. The fourth-order valence-electron chi connectivity index (χ4n) is 3.66. The van der Waals surface area contributed by atoms with Crippen molar-refractivity contribution in [2.45, 2.75) is 44.7 Å². The summed E-state index contributed by atoms with van der Waals surface area (Å²) in [6.45, 7) is 1.68. The number of para-hydroxylation sites is 1. The molecule has 1 aromatic carbocycles. The molecule has 2 aliphatic carbocycles. The molecule has 148 valence electrons. The minimum atomic E-state index is -0.557. The highest BCUT2D eigenvalue weighted by atomic mass is 16.3. The lowest BCUT2D eigenvalue weighted by molar-refractivity contribution is -0.114. The second-order valence-corrected chi connectivity index (χ2v) is 7.72. The first-order valence-electron chi connectivity index (χ1n) is 9.74. The van der Waals surface area contributed by atoms with Gasteiger partial charge in [-0.1, -0.05) is 18.2 Å². The zero-order valence-electron chi connectivity index (χ0n) is 15.9. The van der Waals surface area contributed by atoms with Gasteiger partial charge in [0.1, 0.15) is 5.56 Å².